The molecule has 5 heteroatoms. The quantitative estimate of drug-likeness (QED) is 0.874. The highest BCUT2D eigenvalue weighted by Gasteiger charge is 2.17. The van der Waals surface area contributed by atoms with Crippen LogP contribution in [0.1, 0.15) is 34.3 Å². The van der Waals surface area contributed by atoms with Gasteiger partial charge in [0.05, 0.1) is 12.4 Å². The Morgan fingerprint density at radius 3 is 2.70 bits per heavy atom. The standard InChI is InChI=1S/C15H19N3O2/c1-11-14(17-10-16-11)15(20)18(2)9-8-13(19)12-6-4-3-5-7-12/h3-7,10,13,19H,8-9H2,1-2H3,(H,16,17)/t13-/m0/s1. The molecule has 0 saturated heterocycles. The zero-order valence-electron chi connectivity index (χ0n) is 11.7. The molecule has 0 saturated carbocycles. The molecule has 1 aromatic carbocycles. The number of aryl methyl sites for hydroxylation is 1. The number of amides is 1. The van der Waals surface area contributed by atoms with E-state index in [1.165, 1.54) is 6.33 Å². The maximum atomic E-state index is 12.1. The maximum Gasteiger partial charge on any atom is 0.274 e. The molecule has 2 N–H and O–H groups in total. The van der Waals surface area contributed by atoms with Crippen molar-refractivity contribution in [1.29, 1.82) is 0 Å². The second-order valence-corrected chi connectivity index (χ2v) is 4.82. The molecular weight excluding hydrogens is 254 g/mol. The van der Waals surface area contributed by atoms with Crippen molar-refractivity contribution in [2.75, 3.05) is 13.6 Å². The Hall–Kier alpha value is -2.14. The molecule has 1 aromatic heterocycles. The number of nitrogens with zero attached hydrogens (tertiary/aromatic N) is 2. The Labute approximate surface area is 118 Å². The smallest absolute Gasteiger partial charge is 0.274 e. The third-order valence-corrected chi connectivity index (χ3v) is 3.30. The molecule has 0 fully saturated rings. The number of aromatic amines is 1. The number of aliphatic hydroxyl groups is 1. The van der Waals surface area contributed by atoms with Gasteiger partial charge in [-0.25, -0.2) is 4.98 Å². The molecule has 0 bridgehead atoms. The summed E-state index contributed by atoms with van der Waals surface area (Å²) >= 11 is 0. The van der Waals surface area contributed by atoms with Crippen LogP contribution in [0.2, 0.25) is 0 Å². The molecule has 0 aliphatic rings. The van der Waals surface area contributed by atoms with Crippen molar-refractivity contribution in [2.24, 2.45) is 0 Å². The molecule has 1 amide bonds. The van der Waals surface area contributed by atoms with Gasteiger partial charge in [-0.1, -0.05) is 30.3 Å². The number of carbonyl (C=O) groups excluding carboxylic acids is 1. The van der Waals surface area contributed by atoms with Crippen LogP contribution in [0.25, 0.3) is 0 Å². The van der Waals surface area contributed by atoms with E-state index in [9.17, 15) is 9.90 Å². The number of imidazole rings is 1. The molecule has 1 atom stereocenters. The van der Waals surface area contributed by atoms with Crippen LogP contribution in [-0.2, 0) is 0 Å². The van der Waals surface area contributed by atoms with Gasteiger partial charge in [-0.05, 0) is 18.9 Å². The largest absolute Gasteiger partial charge is 0.388 e. The summed E-state index contributed by atoms with van der Waals surface area (Å²) in [7, 11) is 1.72. The van der Waals surface area contributed by atoms with Crippen LogP contribution in [0, 0.1) is 6.92 Å². The topological polar surface area (TPSA) is 69.2 Å². The lowest BCUT2D eigenvalue weighted by Crippen LogP contribution is -2.29. The van der Waals surface area contributed by atoms with Crippen molar-refractivity contribution in [1.82, 2.24) is 14.9 Å². The number of benzene rings is 1. The first-order chi connectivity index (χ1) is 9.59. The molecule has 20 heavy (non-hydrogen) atoms. The van der Waals surface area contributed by atoms with E-state index in [1.807, 2.05) is 37.3 Å². The Kier molecular flexibility index (Phi) is 4.53. The van der Waals surface area contributed by atoms with Crippen molar-refractivity contribution in [3.63, 3.8) is 0 Å². The summed E-state index contributed by atoms with van der Waals surface area (Å²) in [4.78, 5) is 20.6. The average Bonchev–Trinajstić information content (AvgIpc) is 2.90. The Morgan fingerprint density at radius 1 is 1.40 bits per heavy atom. The molecule has 1 heterocycles. The highest BCUT2D eigenvalue weighted by Crippen LogP contribution is 2.16. The molecule has 0 aliphatic carbocycles. The minimum atomic E-state index is -0.563. The van der Waals surface area contributed by atoms with E-state index in [0.717, 1.165) is 11.3 Å². The van der Waals surface area contributed by atoms with E-state index in [-0.39, 0.29) is 5.91 Å². The van der Waals surface area contributed by atoms with Crippen LogP contribution in [0.4, 0.5) is 0 Å². The molecule has 5 nitrogen and oxygen atoms in total. The van der Waals surface area contributed by atoms with Gasteiger partial charge in [0.25, 0.3) is 5.91 Å². The lowest BCUT2D eigenvalue weighted by atomic mass is 10.1. The zero-order chi connectivity index (χ0) is 14.5. The first-order valence-corrected chi connectivity index (χ1v) is 6.58. The molecule has 0 aliphatic heterocycles. The molecule has 106 valence electrons. The van der Waals surface area contributed by atoms with E-state index in [0.29, 0.717) is 18.7 Å². The van der Waals surface area contributed by atoms with Crippen molar-refractivity contribution >= 4 is 5.91 Å². The predicted molar refractivity (Wildman–Crippen MR) is 76.3 cm³/mol. The summed E-state index contributed by atoms with van der Waals surface area (Å²) < 4.78 is 0. The number of rotatable bonds is 5. The monoisotopic (exact) mass is 273 g/mol. The van der Waals surface area contributed by atoms with E-state index in [4.69, 9.17) is 0 Å². The van der Waals surface area contributed by atoms with Gasteiger partial charge in [0.1, 0.15) is 5.69 Å². The number of nitrogens with one attached hydrogen (secondary N) is 1. The van der Waals surface area contributed by atoms with Crippen LogP contribution < -0.4 is 0 Å². The summed E-state index contributed by atoms with van der Waals surface area (Å²) in [6.07, 6.45) is 1.44. The van der Waals surface area contributed by atoms with Crippen LogP contribution in [-0.4, -0.2) is 39.5 Å². The number of carbonyl (C=O) groups is 1. The summed E-state index contributed by atoms with van der Waals surface area (Å²) in [5.41, 5.74) is 2.05. The first-order valence-electron chi connectivity index (χ1n) is 6.58. The van der Waals surface area contributed by atoms with Crippen LogP contribution >= 0.6 is 0 Å². The summed E-state index contributed by atoms with van der Waals surface area (Å²) in [6.45, 7) is 2.29. The van der Waals surface area contributed by atoms with Crippen molar-refractivity contribution in [3.05, 3.63) is 53.6 Å². The lowest BCUT2D eigenvalue weighted by molar-refractivity contribution is 0.0755. The van der Waals surface area contributed by atoms with E-state index in [1.54, 1.807) is 11.9 Å². The molecule has 2 rings (SSSR count). The maximum absolute atomic E-state index is 12.1. The number of hydrogen-bond acceptors (Lipinski definition) is 3. The van der Waals surface area contributed by atoms with Gasteiger partial charge < -0.3 is 15.0 Å². The van der Waals surface area contributed by atoms with Crippen LogP contribution in [0.3, 0.4) is 0 Å². The minimum Gasteiger partial charge on any atom is -0.388 e. The first kappa shape index (κ1) is 14.3. The highest BCUT2D eigenvalue weighted by atomic mass is 16.3. The lowest BCUT2D eigenvalue weighted by Gasteiger charge is -2.19. The zero-order valence-corrected chi connectivity index (χ0v) is 11.7. The Bertz CT molecular complexity index is 566. The van der Waals surface area contributed by atoms with E-state index < -0.39 is 6.10 Å². The van der Waals surface area contributed by atoms with Gasteiger partial charge in [-0.3, -0.25) is 4.79 Å². The highest BCUT2D eigenvalue weighted by molar-refractivity contribution is 5.93. The number of H-pyrrole nitrogens is 1. The Morgan fingerprint density at radius 2 is 2.10 bits per heavy atom. The van der Waals surface area contributed by atoms with Gasteiger partial charge >= 0.3 is 0 Å². The average molecular weight is 273 g/mol. The van der Waals surface area contributed by atoms with Gasteiger partial charge in [0.15, 0.2) is 0 Å². The second-order valence-electron chi connectivity index (χ2n) is 4.82. The van der Waals surface area contributed by atoms with E-state index in [2.05, 4.69) is 9.97 Å². The summed E-state index contributed by atoms with van der Waals surface area (Å²) in [5, 5.41) is 10.1. The Balaban J connectivity index is 1.91. The molecular formula is C15H19N3O2. The third kappa shape index (κ3) is 3.24. The van der Waals surface area contributed by atoms with Crippen molar-refractivity contribution < 1.29 is 9.90 Å². The van der Waals surface area contributed by atoms with E-state index >= 15 is 0 Å². The number of hydrogen-bond donors (Lipinski definition) is 2. The fourth-order valence-electron chi connectivity index (χ4n) is 2.01. The normalized spacial score (nSPS) is 12.2. The predicted octanol–water partition coefficient (Wildman–Crippen LogP) is 1.91. The van der Waals surface area contributed by atoms with Gasteiger partial charge in [0.2, 0.25) is 0 Å². The fourth-order valence-corrected chi connectivity index (χ4v) is 2.01. The third-order valence-electron chi connectivity index (χ3n) is 3.30. The van der Waals surface area contributed by atoms with Gasteiger partial charge in [0, 0.05) is 19.3 Å². The molecule has 0 unspecified atom stereocenters. The minimum absolute atomic E-state index is 0.135. The van der Waals surface area contributed by atoms with Gasteiger partial charge in [-0.15, -0.1) is 0 Å². The number of aromatic nitrogens is 2. The number of aliphatic hydroxyl groups excluding tert-OH is 1. The second kappa shape index (κ2) is 6.34. The summed E-state index contributed by atoms with van der Waals surface area (Å²) in [5.74, 6) is -0.135. The van der Waals surface area contributed by atoms with Crippen molar-refractivity contribution in [2.45, 2.75) is 19.4 Å². The molecule has 0 spiro atoms. The van der Waals surface area contributed by atoms with Crippen molar-refractivity contribution in [3.8, 4) is 0 Å². The molecule has 2 aromatic rings. The van der Waals surface area contributed by atoms with Crippen LogP contribution in [0.15, 0.2) is 36.7 Å². The molecule has 0 radical (unpaired) electrons. The fraction of sp³-hybridized carbons (Fsp3) is 0.333. The summed E-state index contributed by atoms with van der Waals surface area (Å²) in [6, 6.07) is 9.45. The van der Waals surface area contributed by atoms with Crippen LogP contribution in [0.5, 0.6) is 0 Å². The van der Waals surface area contributed by atoms with Gasteiger partial charge in [-0.2, -0.15) is 0 Å². The SMILES string of the molecule is Cc1[nH]cnc1C(=O)N(C)CC[C@H](O)c1ccccc1.